The number of carboxylic acid groups (broad SMARTS) is 1. The van der Waals surface area contributed by atoms with Gasteiger partial charge >= 0.3 is 17.9 Å². The molecule has 1 N–H and O–H groups in total. The van der Waals surface area contributed by atoms with Gasteiger partial charge in [-0.3, -0.25) is 9.59 Å². The van der Waals surface area contributed by atoms with Crippen molar-refractivity contribution < 1.29 is 38.2 Å². The molecule has 0 rings (SSSR count). The SMILES string of the molecule is CCCCCC/C=C\C/C=C\CCCCCCCC(=O)OC(COCCC(C(=O)O)[N+](C)(C)C)COC(=O)CCCCCCCCCCCCCCCCCCCCCCC. The van der Waals surface area contributed by atoms with Gasteiger partial charge < -0.3 is 23.8 Å². The van der Waals surface area contributed by atoms with Crippen LogP contribution >= 0.6 is 0 Å². The van der Waals surface area contributed by atoms with Crippen LogP contribution in [0, 0.1) is 0 Å². The Hall–Kier alpha value is -2.19. The highest BCUT2D eigenvalue weighted by molar-refractivity contribution is 5.72. The fraction of sp³-hybridized carbons (Fsp3) is 0.868. The first-order valence-electron chi connectivity index (χ1n) is 25.9. The van der Waals surface area contributed by atoms with Crippen LogP contribution in [-0.4, -0.2) is 80.6 Å². The normalized spacial score (nSPS) is 13.0. The predicted molar refractivity (Wildman–Crippen MR) is 257 cm³/mol. The summed E-state index contributed by atoms with van der Waals surface area (Å²) in [6.07, 6.45) is 50.8. The number of carbonyl (C=O) groups excluding carboxylic acids is 2. The lowest BCUT2D eigenvalue weighted by Crippen LogP contribution is -2.50. The van der Waals surface area contributed by atoms with Crippen LogP contribution in [0.15, 0.2) is 24.3 Å². The van der Waals surface area contributed by atoms with Crippen molar-refractivity contribution in [2.24, 2.45) is 0 Å². The number of rotatable bonds is 47. The summed E-state index contributed by atoms with van der Waals surface area (Å²) < 4.78 is 17.3. The average molecular weight is 863 g/mol. The summed E-state index contributed by atoms with van der Waals surface area (Å²) in [5, 5.41) is 9.65. The minimum atomic E-state index is -0.874. The monoisotopic (exact) mass is 863 g/mol. The second-order valence-electron chi connectivity index (χ2n) is 18.8. The molecule has 0 aromatic carbocycles. The van der Waals surface area contributed by atoms with Crippen LogP contribution in [0.4, 0.5) is 0 Å². The van der Waals surface area contributed by atoms with Crippen molar-refractivity contribution in [3.05, 3.63) is 24.3 Å². The molecular weight excluding hydrogens is 763 g/mol. The Labute approximate surface area is 377 Å². The summed E-state index contributed by atoms with van der Waals surface area (Å²) in [6.45, 7) is 4.74. The summed E-state index contributed by atoms with van der Waals surface area (Å²) in [5.41, 5.74) is 0. The number of hydrogen-bond donors (Lipinski definition) is 1. The van der Waals surface area contributed by atoms with Crippen molar-refractivity contribution in [1.29, 1.82) is 0 Å². The lowest BCUT2D eigenvalue weighted by molar-refractivity contribution is -0.887. The molecule has 0 aliphatic heterocycles. The Bertz CT molecular complexity index is 1050. The molecule has 8 heteroatoms. The van der Waals surface area contributed by atoms with E-state index in [0.717, 1.165) is 64.2 Å². The van der Waals surface area contributed by atoms with E-state index in [-0.39, 0.29) is 36.2 Å². The molecule has 61 heavy (non-hydrogen) atoms. The fourth-order valence-electron chi connectivity index (χ4n) is 7.83. The molecule has 2 atom stereocenters. The van der Waals surface area contributed by atoms with Gasteiger partial charge in [-0.15, -0.1) is 0 Å². The van der Waals surface area contributed by atoms with Crippen molar-refractivity contribution >= 4 is 17.9 Å². The predicted octanol–water partition coefficient (Wildman–Crippen LogP) is 14.8. The van der Waals surface area contributed by atoms with Gasteiger partial charge in [-0.25, -0.2) is 4.79 Å². The van der Waals surface area contributed by atoms with E-state index in [1.165, 1.54) is 148 Å². The molecule has 8 nitrogen and oxygen atoms in total. The van der Waals surface area contributed by atoms with Gasteiger partial charge in [-0.05, 0) is 44.9 Å². The van der Waals surface area contributed by atoms with E-state index in [1.807, 2.05) is 21.1 Å². The molecule has 0 radical (unpaired) electrons. The van der Waals surface area contributed by atoms with Crippen molar-refractivity contribution in [1.82, 2.24) is 0 Å². The van der Waals surface area contributed by atoms with Gasteiger partial charge in [-0.1, -0.05) is 205 Å². The largest absolute Gasteiger partial charge is 0.477 e. The molecule has 0 heterocycles. The van der Waals surface area contributed by atoms with E-state index in [2.05, 4.69) is 38.2 Å². The van der Waals surface area contributed by atoms with E-state index in [4.69, 9.17) is 14.2 Å². The van der Waals surface area contributed by atoms with E-state index in [1.54, 1.807) is 0 Å². The van der Waals surface area contributed by atoms with E-state index >= 15 is 0 Å². The molecule has 0 bridgehead atoms. The van der Waals surface area contributed by atoms with Crippen LogP contribution in [0.3, 0.4) is 0 Å². The van der Waals surface area contributed by atoms with Crippen molar-refractivity contribution in [2.45, 2.75) is 257 Å². The molecule has 358 valence electrons. The van der Waals surface area contributed by atoms with Crippen LogP contribution in [0.1, 0.15) is 245 Å². The third-order valence-electron chi connectivity index (χ3n) is 11.9. The van der Waals surface area contributed by atoms with Gasteiger partial charge in [-0.2, -0.15) is 0 Å². The van der Waals surface area contributed by atoms with Crippen molar-refractivity contribution in [3.8, 4) is 0 Å². The second-order valence-corrected chi connectivity index (χ2v) is 18.8. The van der Waals surface area contributed by atoms with Gasteiger partial charge in [0.05, 0.1) is 34.4 Å². The molecule has 0 aliphatic rings. The lowest BCUT2D eigenvalue weighted by atomic mass is 10.0. The second kappa shape index (κ2) is 44.4. The summed E-state index contributed by atoms with van der Waals surface area (Å²) >= 11 is 0. The van der Waals surface area contributed by atoms with Gasteiger partial charge in [0.15, 0.2) is 12.1 Å². The number of unbranched alkanes of at least 4 members (excludes halogenated alkanes) is 29. The molecule has 0 saturated carbocycles. The summed E-state index contributed by atoms with van der Waals surface area (Å²) in [4.78, 5) is 37.1. The van der Waals surface area contributed by atoms with Gasteiger partial charge in [0.2, 0.25) is 0 Å². The number of carbonyl (C=O) groups is 3. The Morgan fingerprint density at radius 2 is 0.869 bits per heavy atom. The number of aliphatic carboxylic acids is 1. The molecule has 0 fully saturated rings. The minimum Gasteiger partial charge on any atom is -0.477 e. The first-order valence-corrected chi connectivity index (χ1v) is 25.9. The zero-order valence-electron chi connectivity index (χ0n) is 40.9. The van der Waals surface area contributed by atoms with Crippen LogP contribution in [-0.2, 0) is 28.6 Å². The highest BCUT2D eigenvalue weighted by Crippen LogP contribution is 2.16. The van der Waals surface area contributed by atoms with Crippen LogP contribution in [0.25, 0.3) is 0 Å². The Balaban J connectivity index is 4.21. The van der Waals surface area contributed by atoms with Crippen molar-refractivity contribution in [2.75, 3.05) is 41.0 Å². The van der Waals surface area contributed by atoms with E-state index in [9.17, 15) is 19.5 Å². The van der Waals surface area contributed by atoms with Crippen molar-refractivity contribution in [3.63, 3.8) is 0 Å². The number of nitrogens with zero attached hydrogens (tertiary/aromatic N) is 1. The standard InChI is InChI=1S/C53H99NO7/c1-6-8-10-12-14-16-18-20-22-24-25-26-27-28-30-31-33-35-37-39-41-43-51(55)60-48-49(47-59-46-45-50(53(57)58)54(3,4)5)61-52(56)44-42-40-38-36-34-32-29-23-21-19-17-15-13-11-9-7-2/h17,19,23,29,49-50H,6-16,18,20-22,24-28,30-48H2,1-5H3/p+1/b19-17-,29-23-. The van der Waals surface area contributed by atoms with Gasteiger partial charge in [0.25, 0.3) is 0 Å². The van der Waals surface area contributed by atoms with Gasteiger partial charge in [0.1, 0.15) is 6.61 Å². The first kappa shape index (κ1) is 58.8. The number of likely N-dealkylation sites (N-methyl/N-ethyl adjacent to an activating group) is 1. The van der Waals surface area contributed by atoms with E-state index in [0.29, 0.717) is 19.3 Å². The van der Waals surface area contributed by atoms with Crippen LogP contribution in [0.2, 0.25) is 0 Å². The molecule has 0 aromatic heterocycles. The Morgan fingerprint density at radius 1 is 0.492 bits per heavy atom. The minimum absolute atomic E-state index is 0.0518. The Kier molecular flexibility index (Phi) is 42.8. The maximum atomic E-state index is 12.8. The topological polar surface area (TPSA) is 99.1 Å². The third kappa shape index (κ3) is 42.9. The highest BCUT2D eigenvalue weighted by Gasteiger charge is 2.31. The average Bonchev–Trinajstić information content (AvgIpc) is 3.22. The van der Waals surface area contributed by atoms with E-state index < -0.39 is 18.1 Å². The fourth-order valence-corrected chi connectivity index (χ4v) is 7.83. The first-order chi connectivity index (χ1) is 29.6. The number of hydrogen-bond acceptors (Lipinski definition) is 6. The third-order valence-corrected chi connectivity index (χ3v) is 11.9. The van der Waals surface area contributed by atoms with Crippen LogP contribution < -0.4 is 0 Å². The molecular formula is C53H100NO7+. The lowest BCUT2D eigenvalue weighted by Gasteiger charge is -2.31. The zero-order valence-corrected chi connectivity index (χ0v) is 40.9. The smallest absolute Gasteiger partial charge is 0.362 e. The Morgan fingerprint density at radius 3 is 1.28 bits per heavy atom. The van der Waals surface area contributed by atoms with Gasteiger partial charge in [0, 0.05) is 19.3 Å². The molecule has 0 saturated heterocycles. The summed E-state index contributed by atoms with van der Waals surface area (Å²) in [7, 11) is 5.54. The number of allylic oxidation sites excluding steroid dienone is 4. The molecule has 0 aliphatic carbocycles. The number of esters is 2. The molecule has 0 spiro atoms. The number of carboxylic acids is 1. The maximum Gasteiger partial charge on any atom is 0.362 e. The quantitative estimate of drug-likeness (QED) is 0.0281. The number of ether oxygens (including phenoxy) is 3. The molecule has 0 aromatic rings. The zero-order chi connectivity index (χ0) is 44.9. The maximum absolute atomic E-state index is 12.8. The highest BCUT2D eigenvalue weighted by atomic mass is 16.6. The summed E-state index contributed by atoms with van der Waals surface area (Å²) in [6, 6.07) is -0.615. The summed E-state index contributed by atoms with van der Waals surface area (Å²) in [5.74, 6) is -1.47. The van der Waals surface area contributed by atoms with Crippen LogP contribution in [0.5, 0.6) is 0 Å². The molecule has 2 unspecified atom stereocenters. The molecule has 0 amide bonds. The number of quaternary nitrogens is 1.